The number of amides is 1. The van der Waals surface area contributed by atoms with Crippen LogP contribution in [0.1, 0.15) is 11.1 Å². The summed E-state index contributed by atoms with van der Waals surface area (Å²) in [7, 11) is 1.82. The second kappa shape index (κ2) is 7.32. The number of nitrogens with zero attached hydrogens (tertiary/aromatic N) is 1. The first-order valence-electron chi connectivity index (χ1n) is 8.24. The Labute approximate surface area is 142 Å². The van der Waals surface area contributed by atoms with E-state index in [-0.39, 0.29) is 5.91 Å². The number of fused-ring (bicyclic) bond motifs is 1. The van der Waals surface area contributed by atoms with Gasteiger partial charge < -0.3 is 15.6 Å². The van der Waals surface area contributed by atoms with Gasteiger partial charge in [-0.05, 0) is 30.0 Å². The summed E-state index contributed by atoms with van der Waals surface area (Å²) in [6.07, 6.45) is 3.32. The topological polar surface area (TPSA) is 62.1 Å². The second-order valence-electron chi connectivity index (χ2n) is 6.17. The van der Waals surface area contributed by atoms with Crippen molar-refractivity contribution >= 4 is 16.8 Å². The molecule has 0 unspecified atom stereocenters. The minimum atomic E-state index is -0.523. The number of hydrogen-bond donors (Lipinski definition) is 2. The van der Waals surface area contributed by atoms with Crippen LogP contribution in [0.4, 0.5) is 0 Å². The van der Waals surface area contributed by atoms with E-state index < -0.39 is 6.04 Å². The molecule has 4 heteroatoms. The van der Waals surface area contributed by atoms with E-state index in [0.29, 0.717) is 13.0 Å². The van der Waals surface area contributed by atoms with Crippen molar-refractivity contribution < 1.29 is 4.79 Å². The van der Waals surface area contributed by atoms with Crippen LogP contribution in [0.3, 0.4) is 0 Å². The summed E-state index contributed by atoms with van der Waals surface area (Å²) in [5, 5.41) is 1.13. The Morgan fingerprint density at radius 1 is 1.12 bits per heavy atom. The molecule has 24 heavy (non-hydrogen) atoms. The van der Waals surface area contributed by atoms with E-state index in [1.54, 1.807) is 4.90 Å². The van der Waals surface area contributed by atoms with Gasteiger partial charge in [0.2, 0.25) is 5.91 Å². The van der Waals surface area contributed by atoms with Crippen molar-refractivity contribution in [2.24, 2.45) is 5.73 Å². The molecule has 1 aromatic heterocycles. The molecule has 1 amide bonds. The Morgan fingerprint density at radius 2 is 1.83 bits per heavy atom. The Morgan fingerprint density at radius 3 is 2.62 bits per heavy atom. The number of benzene rings is 2. The fraction of sp³-hybridized carbons (Fsp3) is 0.250. The zero-order valence-corrected chi connectivity index (χ0v) is 13.9. The van der Waals surface area contributed by atoms with Gasteiger partial charge in [0.1, 0.15) is 0 Å². The summed E-state index contributed by atoms with van der Waals surface area (Å²) >= 11 is 0. The predicted molar refractivity (Wildman–Crippen MR) is 97.8 cm³/mol. The van der Waals surface area contributed by atoms with E-state index in [4.69, 9.17) is 5.73 Å². The highest BCUT2D eigenvalue weighted by Crippen LogP contribution is 2.19. The molecule has 1 heterocycles. The number of hydrogen-bond acceptors (Lipinski definition) is 2. The summed E-state index contributed by atoms with van der Waals surface area (Å²) in [6.45, 7) is 0.671. The maximum Gasteiger partial charge on any atom is 0.239 e. The van der Waals surface area contributed by atoms with Crippen LogP contribution in [0.5, 0.6) is 0 Å². The third kappa shape index (κ3) is 3.66. The number of carbonyl (C=O) groups is 1. The van der Waals surface area contributed by atoms with Gasteiger partial charge in [0.15, 0.2) is 0 Å². The first-order chi connectivity index (χ1) is 11.6. The van der Waals surface area contributed by atoms with Gasteiger partial charge in [-0.3, -0.25) is 4.79 Å². The van der Waals surface area contributed by atoms with Crippen molar-refractivity contribution in [1.82, 2.24) is 9.88 Å². The van der Waals surface area contributed by atoms with Crippen LogP contribution in [-0.4, -0.2) is 35.4 Å². The van der Waals surface area contributed by atoms with Crippen molar-refractivity contribution in [3.05, 3.63) is 71.9 Å². The number of carbonyl (C=O) groups excluding carboxylic acids is 1. The molecule has 0 fully saturated rings. The third-order valence-electron chi connectivity index (χ3n) is 4.39. The van der Waals surface area contributed by atoms with E-state index in [0.717, 1.165) is 22.9 Å². The first kappa shape index (κ1) is 16.3. The van der Waals surface area contributed by atoms with Crippen LogP contribution in [0.2, 0.25) is 0 Å². The van der Waals surface area contributed by atoms with Gasteiger partial charge in [0.25, 0.3) is 0 Å². The number of aromatic amines is 1. The van der Waals surface area contributed by atoms with Gasteiger partial charge in [-0.2, -0.15) is 0 Å². The molecule has 0 aliphatic carbocycles. The minimum absolute atomic E-state index is 0.0174. The molecule has 0 saturated heterocycles. The van der Waals surface area contributed by atoms with Crippen molar-refractivity contribution in [2.75, 3.05) is 13.6 Å². The Kier molecular flexibility index (Phi) is 4.96. The zero-order valence-electron chi connectivity index (χ0n) is 13.9. The standard InChI is InChI=1S/C20H23N3O/c1-23(12-11-15-7-3-2-4-8-15)20(24)18(21)13-16-14-22-19-10-6-5-9-17(16)19/h2-10,14,18,22H,11-13,21H2,1H3/t18-/m0/s1. The van der Waals surface area contributed by atoms with E-state index in [1.807, 2.05) is 49.6 Å². The number of rotatable bonds is 6. The van der Waals surface area contributed by atoms with Crippen LogP contribution >= 0.6 is 0 Å². The highest BCUT2D eigenvalue weighted by molar-refractivity contribution is 5.86. The van der Waals surface area contributed by atoms with Crippen LogP contribution in [0.25, 0.3) is 10.9 Å². The molecule has 3 aromatic rings. The molecule has 0 saturated carbocycles. The summed E-state index contributed by atoms with van der Waals surface area (Å²) in [5.41, 5.74) is 9.55. The van der Waals surface area contributed by atoms with Gasteiger partial charge in [0.05, 0.1) is 6.04 Å². The highest BCUT2D eigenvalue weighted by Gasteiger charge is 2.19. The second-order valence-corrected chi connectivity index (χ2v) is 6.17. The van der Waals surface area contributed by atoms with Gasteiger partial charge in [-0.15, -0.1) is 0 Å². The summed E-state index contributed by atoms with van der Waals surface area (Å²) in [4.78, 5) is 17.5. The number of aromatic nitrogens is 1. The summed E-state index contributed by atoms with van der Waals surface area (Å²) in [5.74, 6) is -0.0174. The molecular weight excluding hydrogens is 298 g/mol. The molecule has 0 radical (unpaired) electrons. The first-order valence-corrected chi connectivity index (χ1v) is 8.24. The number of nitrogens with one attached hydrogen (secondary N) is 1. The monoisotopic (exact) mass is 321 g/mol. The van der Waals surface area contributed by atoms with Crippen molar-refractivity contribution in [3.63, 3.8) is 0 Å². The van der Waals surface area contributed by atoms with Crippen LogP contribution in [-0.2, 0) is 17.6 Å². The Bertz CT molecular complexity index is 810. The molecule has 1 atom stereocenters. The number of para-hydroxylation sites is 1. The third-order valence-corrected chi connectivity index (χ3v) is 4.39. The number of nitrogens with two attached hydrogens (primary N) is 1. The van der Waals surface area contributed by atoms with E-state index in [2.05, 4.69) is 23.2 Å². The van der Waals surface area contributed by atoms with Crippen LogP contribution in [0, 0.1) is 0 Å². The maximum absolute atomic E-state index is 12.5. The highest BCUT2D eigenvalue weighted by atomic mass is 16.2. The lowest BCUT2D eigenvalue weighted by Crippen LogP contribution is -2.43. The summed E-state index contributed by atoms with van der Waals surface area (Å²) < 4.78 is 0. The Balaban J connectivity index is 1.59. The summed E-state index contributed by atoms with van der Waals surface area (Å²) in [6, 6.07) is 17.7. The normalized spacial score (nSPS) is 12.2. The molecule has 2 aromatic carbocycles. The molecule has 4 nitrogen and oxygen atoms in total. The molecule has 124 valence electrons. The lowest BCUT2D eigenvalue weighted by atomic mass is 10.0. The molecule has 0 aliphatic heterocycles. The van der Waals surface area contributed by atoms with Crippen LogP contribution < -0.4 is 5.73 Å². The van der Waals surface area contributed by atoms with Gasteiger partial charge in [-0.25, -0.2) is 0 Å². The molecule has 0 aliphatic rings. The molecule has 0 bridgehead atoms. The van der Waals surface area contributed by atoms with Crippen LogP contribution in [0.15, 0.2) is 60.8 Å². The largest absolute Gasteiger partial charge is 0.361 e. The van der Waals surface area contributed by atoms with E-state index in [1.165, 1.54) is 5.56 Å². The predicted octanol–water partition coefficient (Wildman–Crippen LogP) is 2.74. The smallest absolute Gasteiger partial charge is 0.239 e. The fourth-order valence-corrected chi connectivity index (χ4v) is 2.96. The minimum Gasteiger partial charge on any atom is -0.361 e. The molecule has 0 spiro atoms. The van der Waals surface area contributed by atoms with Crippen molar-refractivity contribution in [3.8, 4) is 0 Å². The number of H-pyrrole nitrogens is 1. The van der Waals surface area contributed by atoms with Gasteiger partial charge >= 0.3 is 0 Å². The lowest BCUT2D eigenvalue weighted by molar-refractivity contribution is -0.131. The van der Waals surface area contributed by atoms with Gasteiger partial charge in [0, 0.05) is 30.7 Å². The molecule has 3 rings (SSSR count). The SMILES string of the molecule is CN(CCc1ccccc1)C(=O)[C@@H](N)Cc1c[nH]c2ccccc12. The van der Waals surface area contributed by atoms with Crippen molar-refractivity contribution in [2.45, 2.75) is 18.9 Å². The average molecular weight is 321 g/mol. The Hall–Kier alpha value is -2.59. The van der Waals surface area contributed by atoms with E-state index >= 15 is 0 Å². The van der Waals surface area contributed by atoms with Gasteiger partial charge in [-0.1, -0.05) is 48.5 Å². The molecule has 3 N–H and O–H groups in total. The van der Waals surface area contributed by atoms with E-state index in [9.17, 15) is 4.79 Å². The fourth-order valence-electron chi connectivity index (χ4n) is 2.96. The average Bonchev–Trinajstić information content (AvgIpc) is 3.03. The number of likely N-dealkylation sites (N-methyl/N-ethyl adjacent to an activating group) is 1. The van der Waals surface area contributed by atoms with Crippen molar-refractivity contribution in [1.29, 1.82) is 0 Å². The maximum atomic E-state index is 12.5. The lowest BCUT2D eigenvalue weighted by Gasteiger charge is -2.21. The zero-order chi connectivity index (χ0) is 16.9. The molecular formula is C20H23N3O. The quantitative estimate of drug-likeness (QED) is 0.733.